The monoisotopic (exact) mass is 492 g/mol. The number of aliphatic carboxylic acids is 1. The molecule has 1 atom stereocenters. The fraction of sp³-hybridized carbons (Fsp3) is 0.448. The lowest BCUT2D eigenvalue weighted by atomic mass is 9.82. The highest BCUT2D eigenvalue weighted by atomic mass is 16.5. The Labute approximate surface area is 212 Å². The van der Waals surface area contributed by atoms with Crippen LogP contribution >= 0.6 is 0 Å². The molecule has 1 saturated carbocycles. The topological polar surface area (TPSA) is 105 Å². The summed E-state index contributed by atoms with van der Waals surface area (Å²) in [6, 6.07) is 20.5. The lowest BCUT2D eigenvalue weighted by Gasteiger charge is -2.28. The second-order valence-electron chi connectivity index (χ2n) is 9.76. The number of aliphatic hydroxyl groups excluding tert-OH is 2. The van der Waals surface area contributed by atoms with Crippen molar-refractivity contribution < 1.29 is 24.9 Å². The van der Waals surface area contributed by atoms with Crippen LogP contribution in [0.2, 0.25) is 0 Å². The molecule has 0 spiro atoms. The molecule has 4 rings (SSSR count). The van der Waals surface area contributed by atoms with E-state index < -0.39 is 12.1 Å². The van der Waals surface area contributed by atoms with Gasteiger partial charge in [-0.25, -0.2) is 4.79 Å². The van der Waals surface area contributed by atoms with Gasteiger partial charge in [0.1, 0.15) is 12.3 Å². The van der Waals surface area contributed by atoms with Crippen molar-refractivity contribution in [1.82, 2.24) is 9.78 Å². The van der Waals surface area contributed by atoms with E-state index in [-0.39, 0.29) is 13.2 Å². The quantitative estimate of drug-likeness (QED) is 0.346. The Balaban J connectivity index is 1.60. The first kappa shape index (κ1) is 26.1. The first-order valence-electron chi connectivity index (χ1n) is 12.8. The van der Waals surface area contributed by atoms with Crippen molar-refractivity contribution in [2.75, 3.05) is 19.8 Å². The molecule has 1 heterocycles. The minimum atomic E-state index is -0.926. The number of nitrogens with zero attached hydrogens (tertiary/aromatic N) is 2. The number of carbonyl (C=O) groups is 1. The van der Waals surface area contributed by atoms with Crippen LogP contribution in [0.4, 0.5) is 0 Å². The van der Waals surface area contributed by atoms with Crippen molar-refractivity contribution in [2.45, 2.75) is 51.2 Å². The van der Waals surface area contributed by atoms with Gasteiger partial charge in [0.2, 0.25) is 0 Å². The number of hydrogen-bond acceptors (Lipinski definition) is 5. The Morgan fingerprint density at radius 3 is 2.19 bits per heavy atom. The van der Waals surface area contributed by atoms with Gasteiger partial charge < -0.3 is 20.1 Å². The molecule has 3 N–H and O–H groups in total. The first-order chi connectivity index (χ1) is 17.5. The van der Waals surface area contributed by atoms with E-state index in [0.717, 1.165) is 60.3 Å². The second kappa shape index (κ2) is 12.8. The van der Waals surface area contributed by atoms with Gasteiger partial charge in [-0.3, -0.25) is 4.68 Å². The number of carboxylic acid groups (broad SMARTS) is 1. The van der Waals surface area contributed by atoms with E-state index >= 15 is 0 Å². The minimum Gasteiger partial charge on any atom is -0.480 e. The van der Waals surface area contributed by atoms with E-state index in [1.807, 2.05) is 36.4 Å². The third kappa shape index (κ3) is 6.81. The summed E-state index contributed by atoms with van der Waals surface area (Å²) in [6.07, 6.45) is 4.43. The molecule has 0 saturated heterocycles. The smallest absolute Gasteiger partial charge is 0.329 e. The number of rotatable bonds is 12. The third-order valence-electron chi connectivity index (χ3n) is 7.07. The number of aliphatic hydroxyl groups is 2. The lowest BCUT2D eigenvalue weighted by Crippen LogP contribution is -2.24. The number of carboxylic acids is 1. The van der Waals surface area contributed by atoms with Gasteiger partial charge in [-0.2, -0.15) is 5.10 Å². The minimum absolute atomic E-state index is 0.235. The summed E-state index contributed by atoms with van der Waals surface area (Å²) in [5.41, 5.74) is 5.25. The summed E-state index contributed by atoms with van der Waals surface area (Å²) < 4.78 is 7.45. The van der Waals surface area contributed by atoms with Gasteiger partial charge >= 0.3 is 5.97 Å². The highest BCUT2D eigenvalue weighted by Crippen LogP contribution is 2.37. The van der Waals surface area contributed by atoms with Crippen LogP contribution in [-0.4, -0.2) is 57.0 Å². The molecule has 192 valence electrons. The van der Waals surface area contributed by atoms with Gasteiger partial charge in [-0.15, -0.1) is 0 Å². The van der Waals surface area contributed by atoms with Crippen molar-refractivity contribution in [3.05, 3.63) is 66.4 Å². The molecule has 7 heteroatoms. The Bertz CT molecular complexity index is 1090. The van der Waals surface area contributed by atoms with E-state index in [4.69, 9.17) is 14.9 Å². The standard InChI is InChI=1S/C29H36N2O5/c32-18-25(33)15-16-26-28(23-7-3-1-4-8-23)29(24-9-5-2-6-10-24)30-31(26)17-21-11-13-22(14-12-21)19-36-20-27(34)35/h1-10,21-22,25,32-33H,11-20H2,(H,34,35). The third-order valence-corrected chi connectivity index (χ3v) is 7.07. The molecule has 1 aliphatic carbocycles. The molecule has 1 aromatic heterocycles. The van der Waals surface area contributed by atoms with Gasteiger partial charge in [0.15, 0.2) is 0 Å². The fourth-order valence-electron chi connectivity index (χ4n) is 5.14. The molecule has 0 amide bonds. The predicted octanol–water partition coefficient (Wildman–Crippen LogP) is 4.41. The van der Waals surface area contributed by atoms with E-state index in [1.54, 1.807) is 0 Å². The zero-order chi connectivity index (χ0) is 25.3. The summed E-state index contributed by atoms with van der Waals surface area (Å²) >= 11 is 0. The molecule has 0 radical (unpaired) electrons. The van der Waals surface area contributed by atoms with E-state index in [0.29, 0.717) is 31.3 Å². The van der Waals surface area contributed by atoms with Crippen LogP contribution in [0.15, 0.2) is 60.7 Å². The van der Waals surface area contributed by atoms with Crippen molar-refractivity contribution >= 4 is 5.97 Å². The van der Waals surface area contributed by atoms with Gasteiger partial charge in [0.25, 0.3) is 0 Å². The van der Waals surface area contributed by atoms with Crippen molar-refractivity contribution in [3.8, 4) is 22.4 Å². The van der Waals surface area contributed by atoms with Gasteiger partial charge in [0, 0.05) is 23.4 Å². The molecule has 3 aromatic rings. The Kier molecular flexibility index (Phi) is 9.28. The predicted molar refractivity (Wildman–Crippen MR) is 138 cm³/mol. The van der Waals surface area contributed by atoms with Crippen LogP contribution < -0.4 is 0 Å². The number of hydrogen-bond donors (Lipinski definition) is 3. The number of benzene rings is 2. The van der Waals surface area contributed by atoms with Gasteiger partial charge in [0.05, 0.1) is 19.3 Å². The van der Waals surface area contributed by atoms with Crippen LogP contribution in [0.25, 0.3) is 22.4 Å². The molecule has 36 heavy (non-hydrogen) atoms. The molecule has 2 aromatic carbocycles. The van der Waals surface area contributed by atoms with Crippen LogP contribution in [0.3, 0.4) is 0 Å². The largest absolute Gasteiger partial charge is 0.480 e. The van der Waals surface area contributed by atoms with E-state index in [2.05, 4.69) is 28.9 Å². The normalized spacial score (nSPS) is 18.7. The van der Waals surface area contributed by atoms with E-state index in [9.17, 15) is 15.0 Å². The highest BCUT2D eigenvalue weighted by Gasteiger charge is 2.26. The molecule has 0 aliphatic heterocycles. The SMILES string of the molecule is O=C(O)COCC1CCC(Cn2nc(-c3ccccc3)c(-c3ccccc3)c2CCC(O)CO)CC1. The molecule has 1 aliphatic rings. The van der Waals surface area contributed by atoms with Gasteiger partial charge in [-0.05, 0) is 55.9 Å². The van der Waals surface area contributed by atoms with Crippen LogP contribution in [-0.2, 0) is 22.5 Å². The molecular formula is C29H36N2O5. The summed E-state index contributed by atoms with van der Waals surface area (Å²) in [4.78, 5) is 10.7. The first-order valence-corrected chi connectivity index (χ1v) is 12.8. The van der Waals surface area contributed by atoms with Gasteiger partial charge in [-0.1, -0.05) is 60.7 Å². The molecular weight excluding hydrogens is 456 g/mol. The molecule has 0 bridgehead atoms. The molecule has 7 nitrogen and oxygen atoms in total. The Morgan fingerprint density at radius 1 is 0.972 bits per heavy atom. The Hall–Kier alpha value is -3.00. The summed E-state index contributed by atoms with van der Waals surface area (Å²) in [7, 11) is 0. The van der Waals surface area contributed by atoms with Crippen LogP contribution in [0.1, 0.15) is 37.8 Å². The van der Waals surface area contributed by atoms with Crippen molar-refractivity contribution in [2.24, 2.45) is 11.8 Å². The average molecular weight is 493 g/mol. The maximum absolute atomic E-state index is 10.7. The second-order valence-corrected chi connectivity index (χ2v) is 9.76. The summed E-state index contributed by atoms with van der Waals surface area (Å²) in [6.45, 7) is 0.802. The van der Waals surface area contributed by atoms with Crippen molar-refractivity contribution in [1.29, 1.82) is 0 Å². The Morgan fingerprint density at radius 2 is 1.58 bits per heavy atom. The number of aromatic nitrogens is 2. The zero-order valence-electron chi connectivity index (χ0n) is 20.6. The zero-order valence-corrected chi connectivity index (χ0v) is 20.6. The maximum Gasteiger partial charge on any atom is 0.329 e. The maximum atomic E-state index is 10.7. The highest BCUT2D eigenvalue weighted by molar-refractivity contribution is 5.82. The number of ether oxygens (including phenoxy) is 1. The summed E-state index contributed by atoms with van der Waals surface area (Å²) in [5.74, 6) is -0.0591. The average Bonchev–Trinajstić information content (AvgIpc) is 3.27. The molecule has 1 unspecified atom stereocenters. The van der Waals surface area contributed by atoms with Crippen molar-refractivity contribution in [3.63, 3.8) is 0 Å². The van der Waals surface area contributed by atoms with Crippen LogP contribution in [0.5, 0.6) is 0 Å². The summed E-state index contributed by atoms with van der Waals surface area (Å²) in [5, 5.41) is 33.5. The van der Waals surface area contributed by atoms with Crippen LogP contribution in [0, 0.1) is 11.8 Å². The fourth-order valence-corrected chi connectivity index (χ4v) is 5.14. The molecule has 1 fully saturated rings. The van der Waals surface area contributed by atoms with E-state index in [1.165, 1.54) is 0 Å². The lowest BCUT2D eigenvalue weighted by molar-refractivity contribution is -0.142.